The number of hydrogen-bond acceptors (Lipinski definition) is 4. The predicted molar refractivity (Wildman–Crippen MR) is 98.7 cm³/mol. The van der Waals surface area contributed by atoms with Crippen molar-refractivity contribution < 1.29 is 4.79 Å². The van der Waals surface area contributed by atoms with Crippen LogP contribution in [0.25, 0.3) is 11.0 Å². The van der Waals surface area contributed by atoms with Crippen LogP contribution in [-0.4, -0.2) is 36.7 Å². The molecule has 0 unspecified atom stereocenters. The van der Waals surface area contributed by atoms with Gasteiger partial charge in [-0.2, -0.15) is 0 Å². The zero-order chi connectivity index (χ0) is 17.2. The van der Waals surface area contributed by atoms with Gasteiger partial charge in [-0.25, -0.2) is 4.98 Å². The largest absolute Gasteiger partial charge is 0.349 e. The smallest absolute Gasteiger partial charge is 0.268 e. The second-order valence-electron chi connectivity index (χ2n) is 6.50. The van der Waals surface area contributed by atoms with E-state index in [-0.39, 0.29) is 11.9 Å². The lowest BCUT2D eigenvalue weighted by Crippen LogP contribution is -2.38. The molecule has 0 radical (unpaired) electrons. The van der Waals surface area contributed by atoms with Crippen LogP contribution in [0.5, 0.6) is 0 Å². The molecule has 0 aromatic carbocycles. The summed E-state index contributed by atoms with van der Waals surface area (Å²) in [5, 5.41) is 4.80. The molecular weight excluding hydrogens is 334 g/mol. The second-order valence-corrected chi connectivity index (χ2v) is 7.77. The van der Waals surface area contributed by atoms with E-state index in [1.807, 2.05) is 49.4 Å². The van der Waals surface area contributed by atoms with Gasteiger partial charge in [0.05, 0.1) is 11.0 Å². The summed E-state index contributed by atoms with van der Waals surface area (Å²) >= 11 is 1.84. The average Bonchev–Trinajstić information content (AvgIpc) is 3.23. The van der Waals surface area contributed by atoms with Gasteiger partial charge in [-0.05, 0) is 43.9 Å². The zero-order valence-corrected chi connectivity index (χ0v) is 14.9. The van der Waals surface area contributed by atoms with Crippen molar-refractivity contribution in [2.75, 3.05) is 0 Å². The van der Waals surface area contributed by atoms with Crippen molar-refractivity contribution in [3.8, 4) is 0 Å². The van der Waals surface area contributed by atoms with E-state index in [4.69, 9.17) is 0 Å². The number of thioether (sulfide) groups is 1. The van der Waals surface area contributed by atoms with Crippen LogP contribution in [0.3, 0.4) is 0 Å². The Morgan fingerprint density at radius 1 is 1.28 bits per heavy atom. The summed E-state index contributed by atoms with van der Waals surface area (Å²) in [4.78, 5) is 24.3. The molecule has 1 aliphatic rings. The summed E-state index contributed by atoms with van der Waals surface area (Å²) in [6, 6.07) is 5.85. The number of hydrogen-bond donors (Lipinski definition) is 2. The average molecular weight is 355 g/mol. The third kappa shape index (κ3) is 3.56. The SMILES string of the molecule is Cn1ccnc1SC1CCC(NC(=O)c2cc3ncccc3[nH]2)CC1. The second kappa shape index (κ2) is 6.92. The molecule has 1 amide bonds. The van der Waals surface area contributed by atoms with Crippen LogP contribution in [0.4, 0.5) is 0 Å². The monoisotopic (exact) mass is 355 g/mol. The van der Waals surface area contributed by atoms with Crippen LogP contribution in [0, 0.1) is 0 Å². The summed E-state index contributed by atoms with van der Waals surface area (Å²) in [7, 11) is 2.02. The summed E-state index contributed by atoms with van der Waals surface area (Å²) in [5.74, 6) is -0.0433. The first-order valence-corrected chi connectivity index (χ1v) is 9.45. The zero-order valence-electron chi connectivity index (χ0n) is 14.1. The van der Waals surface area contributed by atoms with Crippen LogP contribution < -0.4 is 5.32 Å². The van der Waals surface area contributed by atoms with Gasteiger partial charge < -0.3 is 14.9 Å². The van der Waals surface area contributed by atoms with Crippen LogP contribution in [0.2, 0.25) is 0 Å². The molecule has 0 saturated heterocycles. The van der Waals surface area contributed by atoms with Crippen molar-refractivity contribution in [1.29, 1.82) is 0 Å². The number of nitrogens with one attached hydrogen (secondary N) is 2. The summed E-state index contributed by atoms with van der Waals surface area (Å²) in [5.41, 5.74) is 2.30. The Morgan fingerprint density at radius 3 is 2.84 bits per heavy atom. The van der Waals surface area contributed by atoms with Gasteiger partial charge in [-0.3, -0.25) is 9.78 Å². The van der Waals surface area contributed by atoms with Gasteiger partial charge in [-0.1, -0.05) is 11.8 Å². The molecule has 130 valence electrons. The fourth-order valence-corrected chi connectivity index (χ4v) is 4.44. The van der Waals surface area contributed by atoms with Gasteiger partial charge in [0.1, 0.15) is 5.69 Å². The molecule has 0 aliphatic heterocycles. The Morgan fingerprint density at radius 2 is 2.12 bits per heavy atom. The van der Waals surface area contributed by atoms with E-state index in [1.165, 1.54) is 0 Å². The van der Waals surface area contributed by atoms with E-state index in [0.29, 0.717) is 10.9 Å². The minimum atomic E-state index is -0.0433. The molecule has 0 atom stereocenters. The maximum absolute atomic E-state index is 12.5. The van der Waals surface area contributed by atoms with Crippen LogP contribution >= 0.6 is 11.8 Å². The number of aromatic amines is 1. The predicted octanol–water partition coefficient (Wildman–Crippen LogP) is 3.13. The highest BCUT2D eigenvalue weighted by molar-refractivity contribution is 7.99. The van der Waals surface area contributed by atoms with Crippen molar-refractivity contribution in [2.24, 2.45) is 7.05 Å². The lowest BCUT2D eigenvalue weighted by atomic mass is 9.95. The van der Waals surface area contributed by atoms with Gasteiger partial charge in [0, 0.05) is 36.9 Å². The number of pyridine rings is 1. The number of aryl methyl sites for hydroxylation is 1. The number of aromatic nitrogens is 4. The normalized spacial score (nSPS) is 20.7. The first-order chi connectivity index (χ1) is 12.2. The highest BCUT2D eigenvalue weighted by atomic mass is 32.2. The lowest BCUT2D eigenvalue weighted by Gasteiger charge is -2.28. The molecule has 1 fully saturated rings. The highest BCUT2D eigenvalue weighted by Crippen LogP contribution is 2.32. The molecule has 2 N–H and O–H groups in total. The van der Waals surface area contributed by atoms with Gasteiger partial charge in [0.25, 0.3) is 5.91 Å². The van der Waals surface area contributed by atoms with Crippen LogP contribution in [0.15, 0.2) is 41.9 Å². The quantitative estimate of drug-likeness (QED) is 0.754. The Balaban J connectivity index is 1.32. The van der Waals surface area contributed by atoms with E-state index in [1.54, 1.807) is 6.20 Å². The number of H-pyrrole nitrogens is 1. The number of fused-ring (bicyclic) bond motifs is 1. The number of carbonyl (C=O) groups excluding carboxylic acids is 1. The van der Waals surface area contributed by atoms with E-state index < -0.39 is 0 Å². The first kappa shape index (κ1) is 16.2. The van der Waals surface area contributed by atoms with E-state index in [9.17, 15) is 4.79 Å². The maximum Gasteiger partial charge on any atom is 0.268 e. The Bertz CT molecular complexity index is 845. The summed E-state index contributed by atoms with van der Waals surface area (Å²) < 4.78 is 2.06. The lowest BCUT2D eigenvalue weighted by molar-refractivity contribution is 0.0924. The Kier molecular flexibility index (Phi) is 4.48. The van der Waals surface area contributed by atoms with Crippen molar-refractivity contribution in [3.63, 3.8) is 0 Å². The topological polar surface area (TPSA) is 75.6 Å². The fraction of sp³-hybridized carbons (Fsp3) is 0.389. The third-order valence-electron chi connectivity index (χ3n) is 4.69. The molecule has 6 nitrogen and oxygen atoms in total. The van der Waals surface area contributed by atoms with Gasteiger partial charge in [0.15, 0.2) is 5.16 Å². The molecule has 3 heterocycles. The van der Waals surface area contributed by atoms with Gasteiger partial charge in [0.2, 0.25) is 0 Å². The molecule has 1 aliphatic carbocycles. The molecular formula is C18H21N5OS. The standard InChI is InChI=1S/C18H21N5OS/c1-23-10-9-20-18(23)25-13-6-4-12(5-7-13)21-17(24)16-11-15-14(22-16)3-2-8-19-15/h2-3,8-13,22H,4-7H2,1H3,(H,21,24). The van der Waals surface area contributed by atoms with Crippen molar-refractivity contribution in [1.82, 2.24) is 24.8 Å². The van der Waals surface area contributed by atoms with Crippen LogP contribution in [0.1, 0.15) is 36.2 Å². The summed E-state index contributed by atoms with van der Waals surface area (Å²) in [6.07, 6.45) is 9.75. The Labute approximate surface area is 150 Å². The number of imidazole rings is 1. The number of carbonyl (C=O) groups is 1. The van der Waals surface area contributed by atoms with Crippen molar-refractivity contribution >= 4 is 28.7 Å². The number of rotatable bonds is 4. The molecule has 0 spiro atoms. The van der Waals surface area contributed by atoms with Crippen molar-refractivity contribution in [3.05, 3.63) is 42.5 Å². The Hall–Kier alpha value is -2.28. The summed E-state index contributed by atoms with van der Waals surface area (Å²) in [6.45, 7) is 0. The number of amides is 1. The van der Waals surface area contributed by atoms with E-state index in [0.717, 1.165) is 41.9 Å². The van der Waals surface area contributed by atoms with Gasteiger partial charge in [-0.15, -0.1) is 0 Å². The molecule has 3 aromatic heterocycles. The molecule has 3 aromatic rings. The maximum atomic E-state index is 12.5. The third-order valence-corrected chi connectivity index (χ3v) is 6.10. The number of nitrogens with zero attached hydrogens (tertiary/aromatic N) is 3. The molecule has 1 saturated carbocycles. The van der Waals surface area contributed by atoms with Crippen molar-refractivity contribution in [2.45, 2.75) is 42.1 Å². The van der Waals surface area contributed by atoms with Crippen LogP contribution in [-0.2, 0) is 7.05 Å². The minimum Gasteiger partial charge on any atom is -0.349 e. The molecule has 25 heavy (non-hydrogen) atoms. The van der Waals surface area contributed by atoms with E-state index >= 15 is 0 Å². The fourth-order valence-electron chi connectivity index (χ4n) is 3.28. The highest BCUT2D eigenvalue weighted by Gasteiger charge is 2.24. The molecule has 0 bridgehead atoms. The first-order valence-electron chi connectivity index (χ1n) is 8.57. The minimum absolute atomic E-state index is 0.0433. The van der Waals surface area contributed by atoms with E-state index in [2.05, 4.69) is 24.8 Å². The molecule has 7 heteroatoms. The molecule has 4 rings (SSSR count). The van der Waals surface area contributed by atoms with Gasteiger partial charge >= 0.3 is 0 Å².